The molecule has 2 amide bonds. The number of likely N-dealkylation sites (tertiary alicyclic amines) is 1. The highest BCUT2D eigenvalue weighted by molar-refractivity contribution is 9.10. The van der Waals surface area contributed by atoms with Crippen molar-refractivity contribution in [3.8, 4) is 0 Å². The quantitative estimate of drug-likeness (QED) is 0.901. The van der Waals surface area contributed by atoms with Crippen LogP contribution < -0.4 is 5.32 Å². The molecule has 110 valence electrons. The third-order valence-electron chi connectivity index (χ3n) is 3.18. The molecular weight excluding hydrogens is 344 g/mol. The van der Waals surface area contributed by atoms with Crippen molar-refractivity contribution in [3.05, 3.63) is 20.8 Å². The van der Waals surface area contributed by atoms with E-state index < -0.39 is 0 Å². The van der Waals surface area contributed by atoms with Crippen molar-refractivity contribution >= 4 is 39.3 Å². The molecule has 0 aromatic carbocycles. The molecule has 1 fully saturated rings. The predicted molar refractivity (Wildman–Crippen MR) is 81.1 cm³/mol. The zero-order valence-corrected chi connectivity index (χ0v) is 13.6. The number of rotatable bonds is 3. The summed E-state index contributed by atoms with van der Waals surface area (Å²) in [6.45, 7) is 3.43. The number of amides is 2. The summed E-state index contributed by atoms with van der Waals surface area (Å²) in [6.07, 6.45) is 1.25. The SMILES string of the molecule is CCOC(=O)N1CCC(NC(=O)c2sccc2Br)CC1. The van der Waals surface area contributed by atoms with E-state index in [1.165, 1.54) is 11.3 Å². The first-order valence-electron chi connectivity index (χ1n) is 6.57. The maximum Gasteiger partial charge on any atom is 0.409 e. The van der Waals surface area contributed by atoms with Gasteiger partial charge < -0.3 is 15.0 Å². The van der Waals surface area contributed by atoms with E-state index in [0.29, 0.717) is 24.6 Å². The summed E-state index contributed by atoms with van der Waals surface area (Å²) in [4.78, 5) is 26.0. The molecule has 20 heavy (non-hydrogen) atoms. The largest absolute Gasteiger partial charge is 0.450 e. The molecule has 0 aliphatic carbocycles. The Bertz CT molecular complexity index is 484. The molecule has 2 rings (SSSR count). The van der Waals surface area contributed by atoms with Crippen molar-refractivity contribution in [2.24, 2.45) is 0 Å². The van der Waals surface area contributed by atoms with Crippen LogP contribution in [0.2, 0.25) is 0 Å². The standard InChI is InChI=1S/C13H17BrN2O3S/c1-2-19-13(18)16-6-3-9(4-7-16)15-12(17)11-10(14)5-8-20-11/h5,8-9H,2-4,6-7H2,1H3,(H,15,17). The number of piperidine rings is 1. The molecule has 0 atom stereocenters. The average molecular weight is 361 g/mol. The summed E-state index contributed by atoms with van der Waals surface area (Å²) in [6, 6.07) is 1.98. The Hall–Kier alpha value is -1.08. The molecule has 0 unspecified atom stereocenters. The third kappa shape index (κ3) is 3.73. The number of carbonyl (C=O) groups is 2. The molecule has 5 nitrogen and oxygen atoms in total. The highest BCUT2D eigenvalue weighted by atomic mass is 79.9. The number of ether oxygens (including phenoxy) is 1. The number of carbonyl (C=O) groups excluding carboxylic acids is 2. The van der Waals surface area contributed by atoms with Gasteiger partial charge in [0.25, 0.3) is 5.91 Å². The van der Waals surface area contributed by atoms with E-state index in [4.69, 9.17) is 4.74 Å². The van der Waals surface area contributed by atoms with Gasteiger partial charge in [0.2, 0.25) is 0 Å². The molecule has 1 aromatic rings. The molecule has 1 aliphatic heterocycles. The average Bonchev–Trinajstić information content (AvgIpc) is 2.86. The smallest absolute Gasteiger partial charge is 0.409 e. The summed E-state index contributed by atoms with van der Waals surface area (Å²) in [7, 11) is 0. The fourth-order valence-electron chi connectivity index (χ4n) is 2.13. The maximum atomic E-state index is 12.1. The molecule has 1 aromatic heterocycles. The van der Waals surface area contributed by atoms with Crippen molar-refractivity contribution in [1.82, 2.24) is 10.2 Å². The van der Waals surface area contributed by atoms with Gasteiger partial charge in [-0.1, -0.05) is 0 Å². The summed E-state index contributed by atoms with van der Waals surface area (Å²) in [5, 5.41) is 4.89. The van der Waals surface area contributed by atoms with Crippen LogP contribution in [0.5, 0.6) is 0 Å². The Kier molecular flexibility index (Phi) is 5.42. The number of nitrogens with zero attached hydrogens (tertiary/aromatic N) is 1. The number of hydrogen-bond donors (Lipinski definition) is 1. The lowest BCUT2D eigenvalue weighted by Gasteiger charge is -2.31. The Morgan fingerprint density at radius 1 is 1.50 bits per heavy atom. The minimum absolute atomic E-state index is 0.0542. The van der Waals surface area contributed by atoms with Gasteiger partial charge in [0, 0.05) is 23.6 Å². The summed E-state index contributed by atoms with van der Waals surface area (Å²) in [5.74, 6) is -0.0542. The van der Waals surface area contributed by atoms with Gasteiger partial charge in [0.1, 0.15) is 4.88 Å². The number of halogens is 1. The van der Waals surface area contributed by atoms with Crippen LogP contribution in [0.25, 0.3) is 0 Å². The number of hydrogen-bond acceptors (Lipinski definition) is 4. The van der Waals surface area contributed by atoms with E-state index in [0.717, 1.165) is 17.3 Å². The van der Waals surface area contributed by atoms with Gasteiger partial charge in [-0.05, 0) is 47.1 Å². The van der Waals surface area contributed by atoms with Crippen LogP contribution >= 0.6 is 27.3 Å². The minimum atomic E-state index is -0.265. The van der Waals surface area contributed by atoms with E-state index in [1.807, 2.05) is 11.4 Å². The van der Waals surface area contributed by atoms with Crippen LogP contribution in [0.1, 0.15) is 29.4 Å². The van der Waals surface area contributed by atoms with Crippen molar-refractivity contribution in [1.29, 1.82) is 0 Å². The Balaban J connectivity index is 1.81. The molecule has 1 aliphatic rings. The predicted octanol–water partition coefficient (Wildman–Crippen LogP) is 2.86. The summed E-state index contributed by atoms with van der Waals surface area (Å²) in [5.41, 5.74) is 0. The van der Waals surface area contributed by atoms with Crippen LogP contribution in [0.4, 0.5) is 4.79 Å². The first-order valence-corrected chi connectivity index (χ1v) is 8.24. The fourth-order valence-corrected chi connectivity index (χ4v) is 3.58. The van der Waals surface area contributed by atoms with Gasteiger partial charge in [-0.15, -0.1) is 11.3 Å². The van der Waals surface area contributed by atoms with Gasteiger partial charge in [-0.2, -0.15) is 0 Å². The highest BCUT2D eigenvalue weighted by Crippen LogP contribution is 2.23. The van der Waals surface area contributed by atoms with Gasteiger partial charge in [-0.3, -0.25) is 4.79 Å². The number of nitrogens with one attached hydrogen (secondary N) is 1. The lowest BCUT2D eigenvalue weighted by molar-refractivity contribution is 0.0862. The van der Waals surface area contributed by atoms with Gasteiger partial charge in [-0.25, -0.2) is 4.79 Å². The molecular formula is C13H17BrN2O3S. The summed E-state index contributed by atoms with van der Waals surface area (Å²) >= 11 is 4.77. The Morgan fingerprint density at radius 2 is 2.20 bits per heavy atom. The topological polar surface area (TPSA) is 58.6 Å². The molecule has 1 saturated heterocycles. The lowest BCUT2D eigenvalue weighted by Crippen LogP contribution is -2.46. The second-order valence-corrected chi connectivity index (χ2v) is 6.30. The molecule has 0 spiro atoms. The second kappa shape index (κ2) is 7.08. The molecule has 7 heteroatoms. The normalized spacial score (nSPS) is 16.0. The third-order valence-corrected chi connectivity index (χ3v) is 5.02. The van der Waals surface area contributed by atoms with Crippen LogP contribution in [-0.4, -0.2) is 42.6 Å². The fraction of sp³-hybridized carbons (Fsp3) is 0.538. The van der Waals surface area contributed by atoms with Crippen molar-refractivity contribution in [2.45, 2.75) is 25.8 Å². The zero-order valence-electron chi connectivity index (χ0n) is 11.2. The summed E-state index contributed by atoms with van der Waals surface area (Å²) < 4.78 is 5.79. The van der Waals surface area contributed by atoms with Crippen molar-refractivity contribution in [3.63, 3.8) is 0 Å². The molecule has 0 radical (unpaired) electrons. The van der Waals surface area contributed by atoms with Crippen LogP contribution in [-0.2, 0) is 4.74 Å². The number of thiophene rings is 1. The van der Waals surface area contributed by atoms with E-state index in [1.54, 1.807) is 11.8 Å². The minimum Gasteiger partial charge on any atom is -0.450 e. The van der Waals surface area contributed by atoms with E-state index in [-0.39, 0.29) is 18.0 Å². The Labute approximate surface area is 130 Å². The van der Waals surface area contributed by atoms with Crippen LogP contribution in [0.3, 0.4) is 0 Å². The molecule has 0 bridgehead atoms. The second-order valence-electron chi connectivity index (χ2n) is 4.53. The van der Waals surface area contributed by atoms with Crippen molar-refractivity contribution < 1.29 is 14.3 Å². The highest BCUT2D eigenvalue weighted by Gasteiger charge is 2.25. The van der Waals surface area contributed by atoms with E-state index in [2.05, 4.69) is 21.2 Å². The molecule has 1 N–H and O–H groups in total. The maximum absolute atomic E-state index is 12.1. The first-order chi connectivity index (χ1) is 9.61. The van der Waals surface area contributed by atoms with E-state index >= 15 is 0 Å². The Morgan fingerprint density at radius 3 is 2.75 bits per heavy atom. The van der Waals surface area contributed by atoms with Gasteiger partial charge in [0.15, 0.2) is 0 Å². The van der Waals surface area contributed by atoms with Crippen LogP contribution in [0.15, 0.2) is 15.9 Å². The molecule has 2 heterocycles. The lowest BCUT2D eigenvalue weighted by atomic mass is 10.1. The zero-order chi connectivity index (χ0) is 14.5. The van der Waals surface area contributed by atoms with Gasteiger partial charge in [0.05, 0.1) is 6.61 Å². The van der Waals surface area contributed by atoms with E-state index in [9.17, 15) is 9.59 Å². The van der Waals surface area contributed by atoms with Crippen LogP contribution in [0, 0.1) is 0 Å². The van der Waals surface area contributed by atoms with Gasteiger partial charge >= 0.3 is 6.09 Å². The first kappa shape index (κ1) is 15.3. The monoisotopic (exact) mass is 360 g/mol. The molecule has 0 saturated carbocycles. The van der Waals surface area contributed by atoms with Crippen molar-refractivity contribution in [2.75, 3.05) is 19.7 Å².